The van der Waals surface area contributed by atoms with Crippen molar-refractivity contribution in [2.24, 2.45) is 5.92 Å². The van der Waals surface area contributed by atoms with E-state index in [0.29, 0.717) is 6.61 Å². The van der Waals surface area contributed by atoms with Crippen LogP contribution in [0.4, 0.5) is 0 Å². The van der Waals surface area contributed by atoms with Gasteiger partial charge in [0.25, 0.3) is 0 Å². The van der Waals surface area contributed by atoms with Gasteiger partial charge in [-0.3, -0.25) is 0 Å². The average Bonchev–Trinajstić information content (AvgIpc) is 2.26. The molecule has 14 heavy (non-hydrogen) atoms. The van der Waals surface area contributed by atoms with Crippen molar-refractivity contribution in [3.63, 3.8) is 0 Å². The van der Waals surface area contributed by atoms with Crippen LogP contribution in [0.1, 0.15) is 19.4 Å². The SMILES string of the molecule is CC(CO)[C@H](C)OCc1ccccc1. The Morgan fingerprint density at radius 1 is 1.21 bits per heavy atom. The average molecular weight is 194 g/mol. The third kappa shape index (κ3) is 3.48. The summed E-state index contributed by atoms with van der Waals surface area (Å²) in [5, 5.41) is 8.92. The molecule has 0 aliphatic heterocycles. The minimum atomic E-state index is 0.0974. The molecule has 0 bridgehead atoms. The van der Waals surface area contributed by atoms with E-state index < -0.39 is 0 Å². The Balaban J connectivity index is 2.34. The van der Waals surface area contributed by atoms with Gasteiger partial charge < -0.3 is 9.84 Å². The highest BCUT2D eigenvalue weighted by Crippen LogP contribution is 2.09. The molecule has 1 aromatic carbocycles. The molecule has 1 unspecified atom stereocenters. The van der Waals surface area contributed by atoms with Gasteiger partial charge in [0.2, 0.25) is 0 Å². The van der Waals surface area contributed by atoms with Crippen LogP contribution in [0.5, 0.6) is 0 Å². The fraction of sp³-hybridized carbons (Fsp3) is 0.500. The molecule has 2 nitrogen and oxygen atoms in total. The molecule has 0 fully saturated rings. The lowest BCUT2D eigenvalue weighted by Gasteiger charge is -2.18. The first kappa shape index (κ1) is 11.2. The van der Waals surface area contributed by atoms with Crippen molar-refractivity contribution in [1.29, 1.82) is 0 Å². The molecule has 1 N–H and O–H groups in total. The van der Waals surface area contributed by atoms with Crippen LogP contribution in [-0.4, -0.2) is 17.8 Å². The monoisotopic (exact) mass is 194 g/mol. The van der Waals surface area contributed by atoms with Gasteiger partial charge >= 0.3 is 0 Å². The molecule has 1 aromatic rings. The second-order valence-electron chi connectivity index (χ2n) is 3.66. The van der Waals surface area contributed by atoms with Gasteiger partial charge in [-0.05, 0) is 12.5 Å². The Kier molecular flexibility index (Phi) is 4.63. The molecule has 0 aromatic heterocycles. The molecule has 2 heteroatoms. The topological polar surface area (TPSA) is 29.5 Å². The third-order valence-corrected chi connectivity index (χ3v) is 2.45. The van der Waals surface area contributed by atoms with Crippen LogP contribution in [-0.2, 0) is 11.3 Å². The predicted octanol–water partition coefficient (Wildman–Crippen LogP) is 2.22. The summed E-state index contributed by atoms with van der Waals surface area (Å²) < 4.78 is 5.62. The van der Waals surface area contributed by atoms with Crippen molar-refractivity contribution in [1.82, 2.24) is 0 Å². The number of aliphatic hydroxyl groups excluding tert-OH is 1. The van der Waals surface area contributed by atoms with Crippen molar-refractivity contribution in [3.05, 3.63) is 35.9 Å². The minimum Gasteiger partial charge on any atom is -0.396 e. The number of hydrogen-bond donors (Lipinski definition) is 1. The summed E-state index contributed by atoms with van der Waals surface area (Å²) in [6.07, 6.45) is 0.0974. The molecule has 0 radical (unpaired) electrons. The van der Waals surface area contributed by atoms with Crippen LogP contribution >= 0.6 is 0 Å². The zero-order valence-corrected chi connectivity index (χ0v) is 8.81. The Hall–Kier alpha value is -0.860. The maximum Gasteiger partial charge on any atom is 0.0720 e. The van der Waals surface area contributed by atoms with E-state index in [1.807, 2.05) is 44.2 Å². The number of rotatable bonds is 5. The summed E-state index contributed by atoms with van der Waals surface area (Å²) in [6, 6.07) is 10.1. The van der Waals surface area contributed by atoms with E-state index in [1.165, 1.54) is 5.56 Å². The molecule has 0 aliphatic rings. The smallest absolute Gasteiger partial charge is 0.0720 e. The minimum absolute atomic E-state index is 0.0974. The van der Waals surface area contributed by atoms with E-state index in [9.17, 15) is 0 Å². The summed E-state index contributed by atoms with van der Waals surface area (Å²) in [5.74, 6) is 0.193. The van der Waals surface area contributed by atoms with E-state index in [4.69, 9.17) is 9.84 Å². The summed E-state index contributed by atoms with van der Waals surface area (Å²) in [5.41, 5.74) is 1.17. The summed E-state index contributed by atoms with van der Waals surface area (Å²) >= 11 is 0. The van der Waals surface area contributed by atoms with Crippen LogP contribution in [0.25, 0.3) is 0 Å². The highest BCUT2D eigenvalue weighted by Gasteiger charge is 2.10. The van der Waals surface area contributed by atoms with Gasteiger partial charge in [-0.25, -0.2) is 0 Å². The summed E-state index contributed by atoms with van der Waals surface area (Å²) in [4.78, 5) is 0. The highest BCUT2D eigenvalue weighted by molar-refractivity contribution is 5.13. The normalized spacial score (nSPS) is 15.1. The van der Waals surface area contributed by atoms with Crippen molar-refractivity contribution in [2.75, 3.05) is 6.61 Å². The fourth-order valence-corrected chi connectivity index (χ4v) is 1.11. The van der Waals surface area contributed by atoms with Gasteiger partial charge in [0.05, 0.1) is 12.7 Å². The van der Waals surface area contributed by atoms with Crippen LogP contribution in [0, 0.1) is 5.92 Å². The van der Waals surface area contributed by atoms with Crippen molar-refractivity contribution in [3.8, 4) is 0 Å². The molecular formula is C12H18O2. The van der Waals surface area contributed by atoms with Crippen molar-refractivity contribution < 1.29 is 9.84 Å². The number of ether oxygens (including phenoxy) is 1. The Morgan fingerprint density at radius 2 is 1.86 bits per heavy atom. The standard InChI is InChI=1S/C12H18O2/c1-10(8-13)11(2)14-9-12-6-4-3-5-7-12/h3-7,10-11,13H,8-9H2,1-2H3/t10?,11-/m0/s1. The number of aliphatic hydroxyl groups is 1. The van der Waals surface area contributed by atoms with Crippen LogP contribution in [0.15, 0.2) is 30.3 Å². The largest absolute Gasteiger partial charge is 0.396 e. The van der Waals surface area contributed by atoms with Crippen LogP contribution in [0.2, 0.25) is 0 Å². The van der Waals surface area contributed by atoms with Gasteiger partial charge in [0.15, 0.2) is 0 Å². The summed E-state index contributed by atoms with van der Waals surface area (Å²) in [6.45, 7) is 4.77. The first-order valence-corrected chi connectivity index (χ1v) is 5.00. The first-order chi connectivity index (χ1) is 6.74. The van der Waals surface area contributed by atoms with E-state index >= 15 is 0 Å². The molecule has 1 rings (SSSR count). The zero-order valence-electron chi connectivity index (χ0n) is 8.81. The lowest BCUT2D eigenvalue weighted by molar-refractivity contribution is 0.00153. The fourth-order valence-electron chi connectivity index (χ4n) is 1.11. The van der Waals surface area contributed by atoms with Crippen LogP contribution in [0.3, 0.4) is 0 Å². The van der Waals surface area contributed by atoms with Gasteiger partial charge in [0.1, 0.15) is 0 Å². The van der Waals surface area contributed by atoms with Crippen LogP contribution < -0.4 is 0 Å². The molecule has 0 saturated carbocycles. The van der Waals surface area contributed by atoms with Crippen molar-refractivity contribution >= 4 is 0 Å². The molecule has 78 valence electrons. The number of hydrogen-bond acceptors (Lipinski definition) is 2. The van der Waals surface area contributed by atoms with Gasteiger partial charge in [0, 0.05) is 12.5 Å². The Morgan fingerprint density at radius 3 is 2.43 bits per heavy atom. The van der Waals surface area contributed by atoms with E-state index in [1.54, 1.807) is 0 Å². The molecule has 2 atom stereocenters. The zero-order chi connectivity index (χ0) is 10.4. The molecule has 0 spiro atoms. The molecule has 0 saturated heterocycles. The Labute approximate surface area is 85.5 Å². The lowest BCUT2D eigenvalue weighted by atomic mass is 10.1. The van der Waals surface area contributed by atoms with Gasteiger partial charge in [-0.2, -0.15) is 0 Å². The first-order valence-electron chi connectivity index (χ1n) is 5.00. The maximum atomic E-state index is 8.92. The number of benzene rings is 1. The summed E-state index contributed by atoms with van der Waals surface area (Å²) in [7, 11) is 0. The second-order valence-corrected chi connectivity index (χ2v) is 3.66. The van der Waals surface area contributed by atoms with Crippen molar-refractivity contribution in [2.45, 2.75) is 26.6 Å². The second kappa shape index (κ2) is 5.78. The predicted molar refractivity (Wildman–Crippen MR) is 56.9 cm³/mol. The van der Waals surface area contributed by atoms with E-state index in [2.05, 4.69) is 0 Å². The van der Waals surface area contributed by atoms with E-state index in [-0.39, 0.29) is 18.6 Å². The maximum absolute atomic E-state index is 8.92. The Bertz CT molecular complexity index is 246. The molecule has 0 heterocycles. The third-order valence-electron chi connectivity index (χ3n) is 2.45. The highest BCUT2D eigenvalue weighted by atomic mass is 16.5. The van der Waals surface area contributed by atoms with Gasteiger partial charge in [-0.1, -0.05) is 37.3 Å². The lowest BCUT2D eigenvalue weighted by Crippen LogP contribution is -2.20. The quantitative estimate of drug-likeness (QED) is 0.778. The van der Waals surface area contributed by atoms with E-state index in [0.717, 1.165) is 0 Å². The molecule has 0 aliphatic carbocycles. The molecule has 0 amide bonds. The van der Waals surface area contributed by atoms with Gasteiger partial charge in [-0.15, -0.1) is 0 Å². The molecular weight excluding hydrogens is 176 g/mol.